The van der Waals surface area contributed by atoms with Crippen molar-refractivity contribution in [3.63, 3.8) is 0 Å². The van der Waals surface area contributed by atoms with E-state index >= 15 is 0 Å². The summed E-state index contributed by atoms with van der Waals surface area (Å²) in [6.07, 6.45) is -0.857. The zero-order valence-corrected chi connectivity index (χ0v) is 10.3. The van der Waals surface area contributed by atoms with Crippen molar-refractivity contribution in [3.8, 4) is 23.0 Å². The molecular weight excluding hydrogens is 224 g/mol. The number of fused-ring (bicyclic) bond motifs is 1. The molecule has 1 aromatic carbocycles. The maximum absolute atomic E-state index is 10.2. The predicted molar refractivity (Wildman–Crippen MR) is 60.9 cm³/mol. The average Bonchev–Trinajstić information content (AvgIpc) is 2.50. The summed E-state index contributed by atoms with van der Waals surface area (Å²) in [6, 6.07) is 1.55. The molecule has 0 saturated heterocycles. The van der Waals surface area contributed by atoms with Crippen molar-refractivity contribution in [2.75, 3.05) is 14.2 Å². The number of rotatable bonds is 2. The van der Waals surface area contributed by atoms with Crippen LogP contribution in [0.1, 0.15) is 25.5 Å². The van der Waals surface area contributed by atoms with Gasteiger partial charge >= 0.3 is 0 Å². The zero-order chi connectivity index (χ0) is 12.8. The van der Waals surface area contributed by atoms with Crippen molar-refractivity contribution in [2.24, 2.45) is 0 Å². The Morgan fingerprint density at radius 1 is 1.29 bits per heavy atom. The average molecular weight is 240 g/mol. The van der Waals surface area contributed by atoms with Gasteiger partial charge in [-0.2, -0.15) is 0 Å². The fraction of sp³-hybridized carbons (Fsp3) is 0.500. The van der Waals surface area contributed by atoms with E-state index in [0.29, 0.717) is 11.3 Å². The van der Waals surface area contributed by atoms with E-state index in [0.717, 1.165) is 0 Å². The first-order valence-corrected chi connectivity index (χ1v) is 5.27. The molecule has 94 valence electrons. The topological polar surface area (TPSA) is 68.2 Å². The van der Waals surface area contributed by atoms with Gasteiger partial charge in [0.1, 0.15) is 17.5 Å². The SMILES string of the molecule is COc1cc2c(c(OC)c1O)C(O)C(C)(C)O2. The Balaban J connectivity index is 2.66. The van der Waals surface area contributed by atoms with E-state index in [4.69, 9.17) is 14.2 Å². The van der Waals surface area contributed by atoms with Gasteiger partial charge in [0, 0.05) is 6.07 Å². The van der Waals surface area contributed by atoms with Crippen LogP contribution >= 0.6 is 0 Å². The van der Waals surface area contributed by atoms with E-state index in [1.807, 2.05) is 0 Å². The number of phenolic OH excluding ortho intramolecular Hbond substituents is 1. The molecule has 2 N–H and O–H groups in total. The highest BCUT2D eigenvalue weighted by atomic mass is 16.5. The lowest BCUT2D eigenvalue weighted by molar-refractivity contribution is -0.000110. The maximum atomic E-state index is 10.2. The maximum Gasteiger partial charge on any atom is 0.201 e. The fourth-order valence-electron chi connectivity index (χ4n) is 2.01. The minimum atomic E-state index is -0.857. The molecule has 0 aliphatic carbocycles. The van der Waals surface area contributed by atoms with Gasteiger partial charge in [-0.05, 0) is 13.8 Å². The van der Waals surface area contributed by atoms with Gasteiger partial charge in [-0.1, -0.05) is 0 Å². The molecule has 1 heterocycles. The number of hydrogen-bond acceptors (Lipinski definition) is 5. The largest absolute Gasteiger partial charge is 0.502 e. The third-order valence-corrected chi connectivity index (χ3v) is 2.95. The third kappa shape index (κ3) is 1.58. The molecule has 0 bridgehead atoms. The lowest BCUT2D eigenvalue weighted by Crippen LogP contribution is -2.29. The monoisotopic (exact) mass is 240 g/mol. The minimum Gasteiger partial charge on any atom is -0.502 e. The molecule has 1 aromatic rings. The molecule has 0 saturated carbocycles. The number of phenols is 1. The standard InChI is InChI=1S/C12H16O5/c1-12(2)11(14)8-6(17-12)5-7(15-3)9(13)10(8)16-4/h5,11,13-14H,1-4H3. The number of methoxy groups -OCH3 is 2. The van der Waals surface area contributed by atoms with Crippen molar-refractivity contribution in [1.29, 1.82) is 0 Å². The Hall–Kier alpha value is -1.62. The van der Waals surface area contributed by atoms with E-state index in [9.17, 15) is 10.2 Å². The molecule has 0 spiro atoms. The second-order valence-electron chi connectivity index (χ2n) is 4.48. The van der Waals surface area contributed by atoms with Gasteiger partial charge < -0.3 is 24.4 Å². The van der Waals surface area contributed by atoms with Crippen LogP contribution in [0, 0.1) is 0 Å². The predicted octanol–water partition coefficient (Wildman–Crippen LogP) is 1.61. The van der Waals surface area contributed by atoms with Crippen LogP contribution in [-0.2, 0) is 0 Å². The summed E-state index contributed by atoms with van der Waals surface area (Å²) < 4.78 is 15.8. The summed E-state index contributed by atoms with van der Waals surface area (Å²) in [4.78, 5) is 0. The van der Waals surface area contributed by atoms with Gasteiger partial charge in [0.15, 0.2) is 11.5 Å². The first-order valence-electron chi connectivity index (χ1n) is 5.27. The van der Waals surface area contributed by atoms with Crippen LogP contribution in [0.2, 0.25) is 0 Å². The van der Waals surface area contributed by atoms with Gasteiger partial charge in [-0.15, -0.1) is 0 Å². The lowest BCUT2D eigenvalue weighted by Gasteiger charge is -2.21. The number of hydrogen-bond donors (Lipinski definition) is 2. The van der Waals surface area contributed by atoms with E-state index in [-0.39, 0.29) is 17.2 Å². The highest BCUT2D eigenvalue weighted by molar-refractivity contribution is 5.63. The summed E-state index contributed by atoms with van der Waals surface area (Å²) in [5.41, 5.74) is -0.301. The number of aromatic hydroxyl groups is 1. The Bertz CT molecular complexity index is 453. The quantitative estimate of drug-likeness (QED) is 0.822. The van der Waals surface area contributed by atoms with Crippen molar-refractivity contribution in [3.05, 3.63) is 11.6 Å². The Kier molecular flexibility index (Phi) is 2.58. The Labute approximate surface area is 99.5 Å². The van der Waals surface area contributed by atoms with Gasteiger partial charge in [-0.3, -0.25) is 0 Å². The fourth-order valence-corrected chi connectivity index (χ4v) is 2.01. The van der Waals surface area contributed by atoms with Gasteiger partial charge in [-0.25, -0.2) is 0 Å². The molecule has 0 fully saturated rings. The van der Waals surface area contributed by atoms with Crippen molar-refractivity contribution < 1.29 is 24.4 Å². The Morgan fingerprint density at radius 2 is 1.94 bits per heavy atom. The molecule has 17 heavy (non-hydrogen) atoms. The zero-order valence-electron chi connectivity index (χ0n) is 10.3. The summed E-state index contributed by atoms with van der Waals surface area (Å²) >= 11 is 0. The van der Waals surface area contributed by atoms with Gasteiger partial charge in [0.2, 0.25) is 5.75 Å². The van der Waals surface area contributed by atoms with Crippen LogP contribution in [0.5, 0.6) is 23.0 Å². The first-order chi connectivity index (χ1) is 7.92. The molecule has 5 heteroatoms. The molecule has 5 nitrogen and oxygen atoms in total. The van der Waals surface area contributed by atoms with Crippen LogP contribution in [-0.4, -0.2) is 30.0 Å². The lowest BCUT2D eigenvalue weighted by atomic mass is 9.96. The third-order valence-electron chi connectivity index (χ3n) is 2.95. The molecule has 2 rings (SSSR count). The summed E-state index contributed by atoms with van der Waals surface area (Å²) in [5.74, 6) is 0.783. The van der Waals surface area contributed by atoms with Crippen molar-refractivity contribution in [1.82, 2.24) is 0 Å². The summed E-state index contributed by atoms with van der Waals surface area (Å²) in [7, 11) is 2.87. The highest BCUT2D eigenvalue weighted by Crippen LogP contribution is 2.54. The molecule has 0 radical (unpaired) electrons. The van der Waals surface area contributed by atoms with Crippen LogP contribution in [0.25, 0.3) is 0 Å². The molecule has 0 aromatic heterocycles. The van der Waals surface area contributed by atoms with Crippen LogP contribution < -0.4 is 14.2 Å². The highest BCUT2D eigenvalue weighted by Gasteiger charge is 2.43. The van der Waals surface area contributed by atoms with Crippen LogP contribution in [0.3, 0.4) is 0 Å². The molecule has 1 unspecified atom stereocenters. The van der Waals surface area contributed by atoms with E-state index in [1.165, 1.54) is 14.2 Å². The molecule has 0 amide bonds. The normalized spacial score (nSPS) is 20.6. The smallest absolute Gasteiger partial charge is 0.201 e. The van der Waals surface area contributed by atoms with Crippen LogP contribution in [0.4, 0.5) is 0 Å². The molecule has 1 atom stereocenters. The summed E-state index contributed by atoms with van der Waals surface area (Å²) in [6.45, 7) is 3.53. The second kappa shape index (κ2) is 3.70. The summed E-state index contributed by atoms with van der Waals surface area (Å²) in [5, 5.41) is 20.1. The first kappa shape index (κ1) is 11.9. The van der Waals surface area contributed by atoms with Crippen molar-refractivity contribution in [2.45, 2.75) is 25.6 Å². The van der Waals surface area contributed by atoms with E-state index in [2.05, 4.69) is 0 Å². The van der Waals surface area contributed by atoms with Crippen molar-refractivity contribution >= 4 is 0 Å². The van der Waals surface area contributed by atoms with Gasteiger partial charge in [0.25, 0.3) is 0 Å². The number of aliphatic hydroxyl groups is 1. The number of ether oxygens (including phenoxy) is 3. The Morgan fingerprint density at radius 3 is 2.47 bits per heavy atom. The molecule has 1 aliphatic rings. The number of aliphatic hydroxyl groups excluding tert-OH is 1. The minimum absolute atomic E-state index is 0.130. The van der Waals surface area contributed by atoms with Crippen LogP contribution in [0.15, 0.2) is 6.07 Å². The molecular formula is C12H16O5. The molecule has 1 aliphatic heterocycles. The van der Waals surface area contributed by atoms with Gasteiger partial charge in [0.05, 0.1) is 19.8 Å². The van der Waals surface area contributed by atoms with E-state index < -0.39 is 11.7 Å². The van der Waals surface area contributed by atoms with E-state index in [1.54, 1.807) is 19.9 Å². The second-order valence-corrected chi connectivity index (χ2v) is 4.48. The number of benzene rings is 1.